The Morgan fingerprint density at radius 2 is 1.55 bits per heavy atom. The fourth-order valence-corrected chi connectivity index (χ4v) is 4.11. The number of fused-ring (bicyclic) bond motifs is 1. The van der Waals surface area contributed by atoms with E-state index in [4.69, 9.17) is 14.2 Å². The Balaban J connectivity index is 1.57. The van der Waals surface area contributed by atoms with Crippen molar-refractivity contribution in [2.45, 2.75) is 19.0 Å². The molecule has 170 valence electrons. The zero-order valence-electron chi connectivity index (χ0n) is 18.8. The summed E-state index contributed by atoms with van der Waals surface area (Å²) in [5.74, 6) is 1.07. The monoisotopic (exact) mass is 446 g/mol. The summed E-state index contributed by atoms with van der Waals surface area (Å²) in [6.07, 6.45) is 0.454. The fraction of sp³-hybridized carbons (Fsp3) is 0.231. The van der Waals surface area contributed by atoms with Crippen molar-refractivity contribution < 1.29 is 23.8 Å². The molecule has 0 spiro atoms. The van der Waals surface area contributed by atoms with Gasteiger partial charge in [0.25, 0.3) is 5.91 Å². The molecule has 7 nitrogen and oxygen atoms in total. The zero-order chi connectivity index (χ0) is 23.4. The van der Waals surface area contributed by atoms with E-state index in [1.807, 2.05) is 42.5 Å². The van der Waals surface area contributed by atoms with Crippen LogP contribution in [0.4, 0.5) is 5.69 Å². The summed E-state index contributed by atoms with van der Waals surface area (Å²) in [7, 11) is 4.63. The van der Waals surface area contributed by atoms with Gasteiger partial charge in [0, 0.05) is 24.2 Å². The molecule has 3 aromatic carbocycles. The maximum absolute atomic E-state index is 13.3. The molecule has 0 aliphatic carbocycles. The van der Waals surface area contributed by atoms with Crippen molar-refractivity contribution in [3.63, 3.8) is 0 Å². The lowest BCUT2D eigenvalue weighted by atomic mass is 10.1. The first-order valence-electron chi connectivity index (χ1n) is 10.6. The molecule has 1 N–H and O–H groups in total. The van der Waals surface area contributed by atoms with E-state index in [-0.39, 0.29) is 18.4 Å². The zero-order valence-corrected chi connectivity index (χ0v) is 18.8. The summed E-state index contributed by atoms with van der Waals surface area (Å²) in [5, 5.41) is 2.97. The largest absolute Gasteiger partial charge is 0.493 e. The van der Waals surface area contributed by atoms with Gasteiger partial charge in [-0.05, 0) is 41.5 Å². The minimum absolute atomic E-state index is 0.200. The Morgan fingerprint density at radius 1 is 0.909 bits per heavy atom. The van der Waals surface area contributed by atoms with Gasteiger partial charge in [0.1, 0.15) is 6.04 Å². The van der Waals surface area contributed by atoms with Gasteiger partial charge in [0.05, 0.1) is 21.3 Å². The number of rotatable bonds is 7. The standard InChI is InChI=1S/C26H26N2O5/c1-31-22-13-17(14-23(32-2)24(22)33-3)16-27-25(29)21-15-19-11-7-8-12-20(19)28(21)26(30)18-9-5-4-6-10-18/h4-14,21H,15-16H2,1-3H3,(H,27,29). The number of amides is 2. The van der Waals surface area contributed by atoms with Crippen molar-refractivity contribution in [3.05, 3.63) is 83.4 Å². The van der Waals surface area contributed by atoms with E-state index in [0.717, 1.165) is 16.8 Å². The van der Waals surface area contributed by atoms with E-state index >= 15 is 0 Å². The molecule has 7 heteroatoms. The highest BCUT2D eigenvalue weighted by molar-refractivity contribution is 6.11. The average molecular weight is 447 g/mol. The summed E-state index contributed by atoms with van der Waals surface area (Å²) in [6.45, 7) is 0.246. The number of carbonyl (C=O) groups excluding carboxylic acids is 2. The summed E-state index contributed by atoms with van der Waals surface area (Å²) >= 11 is 0. The van der Waals surface area contributed by atoms with Gasteiger partial charge >= 0.3 is 0 Å². The van der Waals surface area contributed by atoms with Crippen molar-refractivity contribution in [1.29, 1.82) is 0 Å². The summed E-state index contributed by atoms with van der Waals surface area (Å²) in [5.41, 5.74) is 3.06. The number of carbonyl (C=O) groups is 2. The number of ether oxygens (including phenoxy) is 3. The van der Waals surface area contributed by atoms with Crippen LogP contribution in [0.15, 0.2) is 66.7 Å². The number of para-hydroxylation sites is 1. The van der Waals surface area contributed by atoms with Crippen molar-refractivity contribution in [1.82, 2.24) is 5.32 Å². The first kappa shape index (κ1) is 22.2. The number of nitrogens with one attached hydrogen (secondary N) is 1. The molecule has 0 aromatic heterocycles. The SMILES string of the molecule is COc1cc(CNC(=O)C2Cc3ccccc3N2C(=O)c2ccccc2)cc(OC)c1OC. The van der Waals surface area contributed by atoms with Gasteiger partial charge in [0.15, 0.2) is 11.5 Å². The van der Waals surface area contributed by atoms with E-state index in [1.165, 1.54) is 7.11 Å². The summed E-state index contributed by atoms with van der Waals surface area (Å²) < 4.78 is 16.1. The predicted octanol–water partition coefficient (Wildman–Crippen LogP) is 3.60. The van der Waals surface area contributed by atoms with Crippen molar-refractivity contribution >= 4 is 17.5 Å². The Kier molecular flexibility index (Phi) is 6.49. The maximum Gasteiger partial charge on any atom is 0.259 e. The van der Waals surface area contributed by atoms with Crippen molar-refractivity contribution in [2.75, 3.05) is 26.2 Å². The van der Waals surface area contributed by atoms with Crippen LogP contribution < -0.4 is 24.4 Å². The van der Waals surface area contributed by atoms with Crippen LogP contribution in [0.1, 0.15) is 21.5 Å². The molecule has 1 atom stereocenters. The molecule has 3 aromatic rings. The number of nitrogens with zero attached hydrogens (tertiary/aromatic N) is 1. The molecule has 4 rings (SSSR count). The van der Waals surface area contributed by atoms with Crippen LogP contribution in [0.3, 0.4) is 0 Å². The number of hydrogen-bond donors (Lipinski definition) is 1. The fourth-order valence-electron chi connectivity index (χ4n) is 4.11. The summed E-state index contributed by atoms with van der Waals surface area (Å²) in [4.78, 5) is 28.2. The third kappa shape index (κ3) is 4.35. The van der Waals surface area contributed by atoms with Gasteiger partial charge < -0.3 is 19.5 Å². The van der Waals surface area contributed by atoms with Crippen LogP contribution in [-0.4, -0.2) is 39.2 Å². The molecule has 2 amide bonds. The second-order valence-corrected chi connectivity index (χ2v) is 7.64. The number of methoxy groups -OCH3 is 3. The second-order valence-electron chi connectivity index (χ2n) is 7.64. The molecule has 33 heavy (non-hydrogen) atoms. The molecule has 0 fully saturated rings. The highest BCUT2D eigenvalue weighted by atomic mass is 16.5. The summed E-state index contributed by atoms with van der Waals surface area (Å²) in [6, 6.07) is 19.6. The van der Waals surface area contributed by atoms with Gasteiger partial charge in [-0.2, -0.15) is 0 Å². The molecular formula is C26H26N2O5. The normalized spacial score (nSPS) is 14.4. The van der Waals surface area contributed by atoms with E-state index in [2.05, 4.69) is 5.32 Å². The van der Waals surface area contributed by atoms with Gasteiger partial charge in [0.2, 0.25) is 11.7 Å². The van der Waals surface area contributed by atoms with Gasteiger partial charge in [-0.3, -0.25) is 14.5 Å². The smallest absolute Gasteiger partial charge is 0.259 e. The molecular weight excluding hydrogens is 420 g/mol. The van der Waals surface area contributed by atoms with Crippen molar-refractivity contribution in [2.24, 2.45) is 0 Å². The maximum atomic E-state index is 13.3. The minimum atomic E-state index is -0.642. The van der Waals surface area contributed by atoms with Crippen LogP contribution >= 0.6 is 0 Å². The average Bonchev–Trinajstić information content (AvgIpc) is 3.26. The lowest BCUT2D eigenvalue weighted by Gasteiger charge is -2.25. The van der Waals surface area contributed by atoms with Gasteiger partial charge in [-0.25, -0.2) is 0 Å². The van der Waals surface area contributed by atoms with Crippen LogP contribution in [0.5, 0.6) is 17.2 Å². The van der Waals surface area contributed by atoms with Crippen LogP contribution in [-0.2, 0) is 17.8 Å². The second kappa shape index (κ2) is 9.65. The first-order chi connectivity index (χ1) is 16.1. The Morgan fingerprint density at radius 3 is 2.18 bits per heavy atom. The number of benzene rings is 3. The molecule has 0 bridgehead atoms. The van der Waals surface area contributed by atoms with Gasteiger partial charge in [-0.15, -0.1) is 0 Å². The highest BCUT2D eigenvalue weighted by Crippen LogP contribution is 2.38. The molecule has 0 saturated heterocycles. The lowest BCUT2D eigenvalue weighted by Crippen LogP contribution is -2.48. The highest BCUT2D eigenvalue weighted by Gasteiger charge is 2.38. The molecule has 1 heterocycles. The molecule has 0 radical (unpaired) electrons. The predicted molar refractivity (Wildman–Crippen MR) is 125 cm³/mol. The number of hydrogen-bond acceptors (Lipinski definition) is 5. The van der Waals surface area contributed by atoms with E-state index in [1.54, 1.807) is 43.4 Å². The first-order valence-corrected chi connectivity index (χ1v) is 10.6. The van der Waals surface area contributed by atoms with Crippen LogP contribution in [0.2, 0.25) is 0 Å². The topological polar surface area (TPSA) is 77.1 Å². The van der Waals surface area contributed by atoms with Crippen LogP contribution in [0, 0.1) is 0 Å². The third-order valence-corrected chi connectivity index (χ3v) is 5.71. The van der Waals surface area contributed by atoms with E-state index in [0.29, 0.717) is 29.2 Å². The number of anilines is 1. The molecule has 0 saturated carbocycles. The van der Waals surface area contributed by atoms with Gasteiger partial charge in [-0.1, -0.05) is 36.4 Å². The van der Waals surface area contributed by atoms with E-state index in [9.17, 15) is 9.59 Å². The molecule has 1 unspecified atom stereocenters. The molecule has 1 aliphatic heterocycles. The lowest BCUT2D eigenvalue weighted by molar-refractivity contribution is -0.122. The molecule has 1 aliphatic rings. The Labute approximate surface area is 192 Å². The van der Waals surface area contributed by atoms with Crippen molar-refractivity contribution in [3.8, 4) is 17.2 Å². The Hall–Kier alpha value is -4.00. The quantitative estimate of drug-likeness (QED) is 0.600. The van der Waals surface area contributed by atoms with E-state index < -0.39 is 6.04 Å². The minimum Gasteiger partial charge on any atom is -0.493 e. The van der Waals surface area contributed by atoms with Crippen LogP contribution in [0.25, 0.3) is 0 Å². The Bertz CT molecular complexity index is 1140. The third-order valence-electron chi connectivity index (χ3n) is 5.71.